The molecular weight excluding hydrogens is 355 g/mol. The quantitative estimate of drug-likeness (QED) is 0.740. The van der Waals surface area contributed by atoms with Gasteiger partial charge < -0.3 is 5.32 Å². The van der Waals surface area contributed by atoms with Crippen LogP contribution in [0.5, 0.6) is 0 Å². The fraction of sp³-hybridized carbons (Fsp3) is 0.158. The molecule has 0 saturated carbocycles. The molecule has 2 heterocycles. The van der Waals surface area contributed by atoms with E-state index < -0.39 is 0 Å². The smallest absolute Gasteiger partial charge is 0.269 e. The molecule has 0 spiro atoms. The largest absolute Gasteiger partial charge is 0.347 e. The number of halogens is 2. The van der Waals surface area contributed by atoms with Crippen molar-refractivity contribution in [3.63, 3.8) is 0 Å². The molecule has 1 aliphatic rings. The van der Waals surface area contributed by atoms with Crippen LogP contribution >= 0.6 is 11.6 Å². The number of benzene rings is 2. The van der Waals surface area contributed by atoms with Gasteiger partial charge in [-0.1, -0.05) is 41.9 Å². The Kier molecular flexibility index (Phi) is 4.44. The first-order valence-electron chi connectivity index (χ1n) is 8.22. The van der Waals surface area contributed by atoms with Crippen molar-refractivity contribution >= 4 is 17.5 Å². The molecule has 1 aromatic heterocycles. The van der Waals surface area contributed by atoms with Gasteiger partial charge in [-0.2, -0.15) is 5.10 Å². The lowest BCUT2D eigenvalue weighted by Gasteiger charge is -2.25. The summed E-state index contributed by atoms with van der Waals surface area (Å²) < 4.78 is 15.5. The fourth-order valence-corrected chi connectivity index (χ4v) is 3.08. The van der Waals surface area contributed by atoms with Crippen LogP contribution in [0.2, 0.25) is 5.02 Å². The molecule has 0 fully saturated rings. The van der Waals surface area contributed by atoms with Crippen molar-refractivity contribution < 1.29 is 9.18 Å². The highest BCUT2D eigenvalue weighted by Crippen LogP contribution is 2.24. The molecule has 0 aliphatic carbocycles. The molecule has 132 valence electrons. The van der Waals surface area contributed by atoms with Gasteiger partial charge in [-0.05, 0) is 24.3 Å². The highest BCUT2D eigenvalue weighted by atomic mass is 35.5. The number of amides is 1. The van der Waals surface area contributed by atoms with E-state index in [4.69, 9.17) is 11.6 Å². The number of nitrogens with one attached hydrogen (secondary N) is 2. The van der Waals surface area contributed by atoms with Crippen LogP contribution in [-0.4, -0.2) is 22.2 Å². The molecule has 2 aromatic carbocycles. The minimum Gasteiger partial charge on any atom is -0.347 e. The summed E-state index contributed by atoms with van der Waals surface area (Å²) in [5.74, 6) is -0.441. The van der Waals surface area contributed by atoms with E-state index in [1.807, 2.05) is 12.1 Å². The van der Waals surface area contributed by atoms with E-state index >= 15 is 0 Å². The number of rotatable bonds is 4. The Labute approximate surface area is 154 Å². The van der Waals surface area contributed by atoms with E-state index in [-0.39, 0.29) is 17.9 Å². The lowest BCUT2D eigenvalue weighted by atomic mass is 10.1. The molecule has 1 atom stereocenters. The second kappa shape index (κ2) is 6.90. The molecule has 5 nitrogen and oxygen atoms in total. The van der Waals surface area contributed by atoms with Gasteiger partial charge >= 0.3 is 0 Å². The van der Waals surface area contributed by atoms with E-state index in [1.54, 1.807) is 41.1 Å². The predicted octanol–water partition coefficient (Wildman–Crippen LogP) is 3.37. The number of fused-ring (bicyclic) bond motifs is 1. The van der Waals surface area contributed by atoms with E-state index in [0.717, 1.165) is 5.56 Å². The van der Waals surface area contributed by atoms with Crippen LogP contribution in [-0.2, 0) is 6.54 Å². The van der Waals surface area contributed by atoms with Crippen LogP contribution in [0.15, 0.2) is 54.6 Å². The van der Waals surface area contributed by atoms with Gasteiger partial charge in [0.2, 0.25) is 0 Å². The zero-order chi connectivity index (χ0) is 18.1. The first-order valence-corrected chi connectivity index (χ1v) is 8.60. The molecule has 2 N–H and O–H groups in total. The summed E-state index contributed by atoms with van der Waals surface area (Å²) in [7, 11) is 0. The van der Waals surface area contributed by atoms with Crippen LogP contribution in [0.1, 0.15) is 22.2 Å². The molecule has 7 heteroatoms. The number of carbonyl (C=O) groups excluding carboxylic acids is 1. The maximum absolute atomic E-state index is 13.8. The summed E-state index contributed by atoms with van der Waals surface area (Å²) >= 11 is 5.93. The summed E-state index contributed by atoms with van der Waals surface area (Å²) in [5, 5.41) is 11.3. The Bertz CT molecular complexity index is 954. The first kappa shape index (κ1) is 16.8. The molecule has 3 aromatic rings. The minimum absolute atomic E-state index is 0.179. The maximum atomic E-state index is 13.8. The van der Waals surface area contributed by atoms with Gasteiger partial charge in [0.25, 0.3) is 5.91 Å². The average molecular weight is 371 g/mol. The number of nitrogens with zero attached hydrogens (tertiary/aromatic N) is 2. The lowest BCUT2D eigenvalue weighted by Crippen LogP contribution is -2.45. The summed E-state index contributed by atoms with van der Waals surface area (Å²) in [6.07, 6.45) is -0.261. The van der Waals surface area contributed by atoms with Crippen molar-refractivity contribution in [3.8, 4) is 11.3 Å². The Morgan fingerprint density at radius 3 is 2.77 bits per heavy atom. The van der Waals surface area contributed by atoms with Crippen molar-refractivity contribution in [1.29, 1.82) is 0 Å². The zero-order valence-corrected chi connectivity index (χ0v) is 14.5. The van der Waals surface area contributed by atoms with Gasteiger partial charge in [0.05, 0.1) is 12.2 Å². The van der Waals surface area contributed by atoms with E-state index in [9.17, 15) is 9.18 Å². The molecule has 0 radical (unpaired) electrons. The van der Waals surface area contributed by atoms with Gasteiger partial charge in [-0.15, -0.1) is 0 Å². The van der Waals surface area contributed by atoms with Crippen molar-refractivity contribution in [2.75, 3.05) is 6.54 Å². The Morgan fingerprint density at radius 2 is 2.00 bits per heavy atom. The zero-order valence-electron chi connectivity index (χ0n) is 13.7. The Hall–Kier alpha value is -2.70. The third kappa shape index (κ3) is 3.21. The predicted molar refractivity (Wildman–Crippen MR) is 97.3 cm³/mol. The highest BCUT2D eigenvalue weighted by molar-refractivity contribution is 6.30. The fourth-order valence-electron chi connectivity index (χ4n) is 2.96. The Balaban J connectivity index is 1.60. The maximum Gasteiger partial charge on any atom is 0.269 e. The third-order valence-electron chi connectivity index (χ3n) is 4.35. The summed E-state index contributed by atoms with van der Waals surface area (Å²) in [5.41, 5.74) is 2.59. The van der Waals surface area contributed by atoms with Crippen LogP contribution in [0.4, 0.5) is 4.39 Å². The number of aromatic nitrogens is 2. The molecule has 26 heavy (non-hydrogen) atoms. The monoisotopic (exact) mass is 370 g/mol. The summed E-state index contributed by atoms with van der Waals surface area (Å²) in [6, 6.07) is 15.6. The molecule has 0 unspecified atom stereocenters. The average Bonchev–Trinajstić information content (AvgIpc) is 3.09. The summed E-state index contributed by atoms with van der Waals surface area (Å²) in [4.78, 5) is 12.2. The lowest BCUT2D eigenvalue weighted by molar-refractivity contribution is 0.0900. The van der Waals surface area contributed by atoms with E-state index in [0.29, 0.717) is 35.1 Å². The molecule has 0 saturated heterocycles. The van der Waals surface area contributed by atoms with Crippen LogP contribution in [0, 0.1) is 5.82 Å². The minimum atomic E-state index is -0.262. The molecule has 1 aliphatic heterocycles. The normalized spacial score (nSPS) is 16.2. The highest BCUT2D eigenvalue weighted by Gasteiger charge is 2.27. The number of hydrogen-bond acceptors (Lipinski definition) is 3. The van der Waals surface area contributed by atoms with E-state index in [2.05, 4.69) is 15.7 Å². The summed E-state index contributed by atoms with van der Waals surface area (Å²) in [6.45, 7) is 0.713. The van der Waals surface area contributed by atoms with Crippen molar-refractivity contribution in [2.45, 2.75) is 12.7 Å². The van der Waals surface area contributed by atoms with Gasteiger partial charge in [0, 0.05) is 22.7 Å². The SMILES string of the molecule is O=C1NC[C@H](NCc2ccccc2F)n2nc(-c3ccc(Cl)cc3)cc21. The third-order valence-corrected chi connectivity index (χ3v) is 4.60. The van der Waals surface area contributed by atoms with Gasteiger partial charge in [-0.3, -0.25) is 10.1 Å². The molecule has 1 amide bonds. The molecule has 4 rings (SSSR count). The van der Waals surface area contributed by atoms with Crippen molar-refractivity contribution in [1.82, 2.24) is 20.4 Å². The van der Waals surface area contributed by atoms with Gasteiger partial charge in [0.1, 0.15) is 17.7 Å². The second-order valence-corrected chi connectivity index (χ2v) is 6.50. The second-order valence-electron chi connectivity index (χ2n) is 6.06. The number of hydrogen-bond donors (Lipinski definition) is 2. The van der Waals surface area contributed by atoms with Crippen molar-refractivity contribution in [2.24, 2.45) is 0 Å². The van der Waals surface area contributed by atoms with Crippen LogP contribution < -0.4 is 10.6 Å². The number of carbonyl (C=O) groups is 1. The molecule has 0 bridgehead atoms. The van der Waals surface area contributed by atoms with Gasteiger partial charge in [0.15, 0.2) is 0 Å². The first-order chi connectivity index (χ1) is 12.6. The van der Waals surface area contributed by atoms with Gasteiger partial charge in [-0.25, -0.2) is 9.07 Å². The Morgan fingerprint density at radius 1 is 1.23 bits per heavy atom. The van der Waals surface area contributed by atoms with E-state index in [1.165, 1.54) is 6.07 Å². The van der Waals surface area contributed by atoms with Crippen molar-refractivity contribution in [3.05, 3.63) is 76.7 Å². The standard InChI is InChI=1S/C19H16ClFN4O/c20-14-7-5-12(6-8-14)16-9-17-19(26)23-11-18(25(17)24-16)22-10-13-3-1-2-4-15(13)21/h1-9,18,22H,10-11H2,(H,23,26)/t18-/m1/s1. The van der Waals surface area contributed by atoms with Crippen LogP contribution in [0.25, 0.3) is 11.3 Å². The molecular formula is C19H16ClFN4O. The topological polar surface area (TPSA) is 59.0 Å². The van der Waals surface area contributed by atoms with Crippen LogP contribution in [0.3, 0.4) is 0 Å².